The molecule has 0 radical (unpaired) electrons. The minimum atomic E-state index is -1.11. The normalized spacial score (nSPS) is 11.9. The number of aromatic hydroxyl groups is 2. The quantitative estimate of drug-likeness (QED) is 0.569. The van der Waals surface area contributed by atoms with Crippen molar-refractivity contribution >= 4 is 5.78 Å². The fourth-order valence-corrected chi connectivity index (χ4v) is 3.17. The van der Waals surface area contributed by atoms with Crippen molar-refractivity contribution in [1.82, 2.24) is 0 Å². The summed E-state index contributed by atoms with van der Waals surface area (Å²) in [6.07, 6.45) is -0.0442. The van der Waals surface area contributed by atoms with E-state index in [0.29, 0.717) is 24.0 Å². The van der Waals surface area contributed by atoms with E-state index in [-0.39, 0.29) is 34.0 Å². The smallest absolute Gasteiger partial charge is 0.196 e. The van der Waals surface area contributed by atoms with Crippen molar-refractivity contribution in [3.63, 3.8) is 0 Å². The first kappa shape index (κ1) is 18.7. The molecule has 0 spiro atoms. The second-order valence-corrected chi connectivity index (χ2v) is 6.45. The number of hydrogen-bond donors (Lipinski definition) is 3. The monoisotopic (exact) mass is 362 g/mol. The fraction of sp³-hybridized carbons (Fsp3) is 0.174. The standard InChI is InChI=1S/C23H22O4/c1-2-9-17-22(26)18(20(24)15-10-5-3-6-11-15)14-19(23(17)27)21(25)16-12-7-4-8-13-16/h3-8,10-14,20,24,26-27H,2,9H2,1H3. The largest absolute Gasteiger partial charge is 0.507 e. The van der Waals surface area contributed by atoms with Gasteiger partial charge in [-0.15, -0.1) is 0 Å². The highest BCUT2D eigenvalue weighted by Gasteiger charge is 2.25. The third-order valence-corrected chi connectivity index (χ3v) is 4.59. The molecule has 0 saturated heterocycles. The number of ketones is 1. The molecule has 0 aliphatic heterocycles. The van der Waals surface area contributed by atoms with Gasteiger partial charge in [0.15, 0.2) is 5.78 Å². The van der Waals surface area contributed by atoms with Crippen LogP contribution in [0.15, 0.2) is 66.7 Å². The SMILES string of the molecule is CCCc1c(O)c(C(=O)c2ccccc2)cc(C(O)c2ccccc2)c1O. The van der Waals surface area contributed by atoms with Crippen molar-refractivity contribution in [2.45, 2.75) is 25.9 Å². The lowest BCUT2D eigenvalue weighted by Crippen LogP contribution is -2.08. The van der Waals surface area contributed by atoms with Crippen molar-refractivity contribution in [3.05, 3.63) is 94.5 Å². The zero-order valence-electron chi connectivity index (χ0n) is 15.1. The Hall–Kier alpha value is -3.11. The highest BCUT2D eigenvalue weighted by atomic mass is 16.3. The van der Waals surface area contributed by atoms with Gasteiger partial charge in [-0.2, -0.15) is 0 Å². The lowest BCUT2D eigenvalue weighted by atomic mass is 9.90. The number of hydrogen-bond acceptors (Lipinski definition) is 4. The van der Waals surface area contributed by atoms with E-state index in [9.17, 15) is 20.1 Å². The number of phenols is 2. The van der Waals surface area contributed by atoms with Crippen molar-refractivity contribution in [2.24, 2.45) is 0 Å². The Morgan fingerprint density at radius 1 is 0.926 bits per heavy atom. The summed E-state index contributed by atoms with van der Waals surface area (Å²) in [6.45, 7) is 1.91. The zero-order valence-corrected chi connectivity index (χ0v) is 15.1. The molecule has 0 heterocycles. The molecule has 0 saturated carbocycles. The van der Waals surface area contributed by atoms with E-state index < -0.39 is 6.10 Å². The first-order chi connectivity index (χ1) is 13.0. The van der Waals surface area contributed by atoms with Gasteiger partial charge in [0, 0.05) is 16.7 Å². The molecule has 3 N–H and O–H groups in total. The Morgan fingerprint density at radius 3 is 2.11 bits per heavy atom. The summed E-state index contributed by atoms with van der Waals surface area (Å²) < 4.78 is 0. The average molecular weight is 362 g/mol. The van der Waals surface area contributed by atoms with Gasteiger partial charge in [-0.25, -0.2) is 0 Å². The Labute approximate surface area is 158 Å². The number of aliphatic hydroxyl groups is 1. The predicted octanol–water partition coefficient (Wildman–Crippen LogP) is 4.36. The van der Waals surface area contributed by atoms with Crippen LogP contribution in [0.4, 0.5) is 0 Å². The highest BCUT2D eigenvalue weighted by Crippen LogP contribution is 2.40. The van der Waals surface area contributed by atoms with Gasteiger partial charge in [-0.3, -0.25) is 4.79 Å². The molecule has 4 nitrogen and oxygen atoms in total. The molecule has 0 amide bonds. The van der Waals surface area contributed by atoms with Crippen molar-refractivity contribution in [1.29, 1.82) is 0 Å². The Bertz CT molecular complexity index is 934. The van der Waals surface area contributed by atoms with Gasteiger partial charge in [0.1, 0.15) is 17.6 Å². The number of carbonyl (C=O) groups excluding carboxylic acids is 1. The third kappa shape index (κ3) is 3.71. The van der Waals surface area contributed by atoms with Gasteiger partial charge < -0.3 is 15.3 Å². The fourth-order valence-electron chi connectivity index (χ4n) is 3.17. The summed E-state index contributed by atoms with van der Waals surface area (Å²) in [4.78, 5) is 12.9. The second kappa shape index (κ2) is 8.06. The van der Waals surface area contributed by atoms with Crippen LogP contribution in [0, 0.1) is 0 Å². The summed E-state index contributed by atoms with van der Waals surface area (Å²) in [5.41, 5.74) is 1.60. The topological polar surface area (TPSA) is 77.8 Å². The van der Waals surface area contributed by atoms with Crippen molar-refractivity contribution in [2.75, 3.05) is 0 Å². The van der Waals surface area contributed by atoms with Crippen LogP contribution in [0.2, 0.25) is 0 Å². The van der Waals surface area contributed by atoms with E-state index in [1.165, 1.54) is 6.07 Å². The molecule has 0 aromatic heterocycles. The summed E-state index contributed by atoms with van der Waals surface area (Å²) in [6, 6.07) is 18.9. The van der Waals surface area contributed by atoms with E-state index >= 15 is 0 Å². The van der Waals surface area contributed by atoms with Gasteiger partial charge in [-0.05, 0) is 18.1 Å². The number of aliphatic hydroxyl groups excluding tert-OH is 1. The number of rotatable bonds is 6. The van der Waals surface area contributed by atoms with E-state index in [1.807, 2.05) is 13.0 Å². The van der Waals surface area contributed by atoms with E-state index in [1.54, 1.807) is 54.6 Å². The molecular weight excluding hydrogens is 340 g/mol. The summed E-state index contributed by atoms with van der Waals surface area (Å²) in [5.74, 6) is -0.755. The molecule has 138 valence electrons. The average Bonchev–Trinajstić information content (AvgIpc) is 2.71. The summed E-state index contributed by atoms with van der Waals surface area (Å²) >= 11 is 0. The number of benzene rings is 3. The molecule has 1 unspecified atom stereocenters. The maximum Gasteiger partial charge on any atom is 0.196 e. The molecule has 3 aromatic rings. The van der Waals surface area contributed by atoms with E-state index in [2.05, 4.69) is 0 Å². The molecule has 4 heteroatoms. The first-order valence-electron chi connectivity index (χ1n) is 8.95. The van der Waals surface area contributed by atoms with E-state index in [0.717, 1.165) is 0 Å². The maximum atomic E-state index is 12.9. The van der Waals surface area contributed by atoms with Crippen molar-refractivity contribution in [3.8, 4) is 11.5 Å². The Balaban J connectivity index is 2.16. The molecule has 0 fully saturated rings. The summed E-state index contributed by atoms with van der Waals surface area (Å²) in [5, 5.41) is 32.1. The number of phenolic OH excluding ortho intramolecular Hbond substituents is 2. The van der Waals surface area contributed by atoms with Crippen LogP contribution >= 0.6 is 0 Å². The Morgan fingerprint density at radius 2 is 1.52 bits per heavy atom. The lowest BCUT2D eigenvalue weighted by molar-refractivity contribution is 0.103. The molecule has 27 heavy (non-hydrogen) atoms. The number of carbonyl (C=O) groups is 1. The summed E-state index contributed by atoms with van der Waals surface area (Å²) in [7, 11) is 0. The minimum Gasteiger partial charge on any atom is -0.507 e. The first-order valence-corrected chi connectivity index (χ1v) is 8.95. The lowest BCUT2D eigenvalue weighted by Gasteiger charge is -2.19. The van der Waals surface area contributed by atoms with Crippen LogP contribution in [0.3, 0.4) is 0 Å². The van der Waals surface area contributed by atoms with E-state index in [4.69, 9.17) is 0 Å². The van der Waals surface area contributed by atoms with Gasteiger partial charge in [0.25, 0.3) is 0 Å². The van der Waals surface area contributed by atoms with Crippen LogP contribution < -0.4 is 0 Å². The molecule has 0 aliphatic rings. The molecule has 3 rings (SSSR count). The Kier molecular flexibility index (Phi) is 5.57. The minimum absolute atomic E-state index is 0.0763. The molecular formula is C23H22O4. The zero-order chi connectivity index (χ0) is 19.4. The second-order valence-electron chi connectivity index (χ2n) is 6.45. The van der Waals surface area contributed by atoms with Crippen LogP contribution in [-0.2, 0) is 6.42 Å². The third-order valence-electron chi connectivity index (χ3n) is 4.59. The van der Waals surface area contributed by atoms with Crippen LogP contribution in [0.25, 0.3) is 0 Å². The van der Waals surface area contributed by atoms with Crippen molar-refractivity contribution < 1.29 is 20.1 Å². The molecule has 0 bridgehead atoms. The van der Waals surface area contributed by atoms with Crippen LogP contribution in [0.1, 0.15) is 52.1 Å². The van der Waals surface area contributed by atoms with Crippen LogP contribution in [0.5, 0.6) is 11.5 Å². The maximum absolute atomic E-state index is 12.9. The molecule has 1 atom stereocenters. The molecule has 0 aliphatic carbocycles. The highest BCUT2D eigenvalue weighted by molar-refractivity contribution is 6.11. The molecule has 3 aromatic carbocycles. The van der Waals surface area contributed by atoms with Crippen LogP contribution in [-0.4, -0.2) is 21.1 Å². The van der Waals surface area contributed by atoms with Gasteiger partial charge in [0.2, 0.25) is 0 Å². The van der Waals surface area contributed by atoms with Gasteiger partial charge in [-0.1, -0.05) is 74.0 Å². The predicted molar refractivity (Wildman–Crippen MR) is 104 cm³/mol. The van der Waals surface area contributed by atoms with Gasteiger partial charge in [0.05, 0.1) is 5.56 Å². The van der Waals surface area contributed by atoms with Gasteiger partial charge >= 0.3 is 0 Å².